The van der Waals surface area contributed by atoms with Crippen molar-refractivity contribution in [3.05, 3.63) is 80.4 Å². The van der Waals surface area contributed by atoms with Crippen molar-refractivity contribution in [2.75, 3.05) is 0 Å². The van der Waals surface area contributed by atoms with Crippen LogP contribution in [0.1, 0.15) is 11.1 Å². The predicted octanol–water partition coefficient (Wildman–Crippen LogP) is 6.64. The lowest BCUT2D eigenvalue weighted by atomic mass is 9.91. The molecule has 0 aliphatic carbocycles. The number of alkyl halides is 3. The van der Waals surface area contributed by atoms with E-state index in [1.165, 1.54) is 24.4 Å². The molecule has 1 N–H and O–H groups in total. The summed E-state index contributed by atoms with van der Waals surface area (Å²) in [7, 11) is 0. The van der Waals surface area contributed by atoms with Crippen LogP contribution >= 0.6 is 39.1 Å². The quantitative estimate of drug-likeness (QED) is 0.438. The average Bonchev–Trinajstić information content (AvgIpc) is 3.07. The standard InChI is InChI=1S/C19H10BrCl2F3N2O/c20-15-3-1-2-14-13(4-5-26-17(14)15)16-9-18(28-27-16,19(23,24)25)10-6-11(21)8-12(22)7-10/h1-9,27H. The molecule has 2 aromatic carbocycles. The smallest absolute Gasteiger partial charge is 0.265 e. The maximum Gasteiger partial charge on any atom is 0.428 e. The normalized spacial score (nSPS) is 19.6. The van der Waals surface area contributed by atoms with Gasteiger partial charge in [-0.15, -0.1) is 0 Å². The first kappa shape index (κ1) is 19.5. The van der Waals surface area contributed by atoms with Gasteiger partial charge in [-0.3, -0.25) is 15.3 Å². The molecule has 1 atom stereocenters. The van der Waals surface area contributed by atoms with E-state index in [1.807, 2.05) is 0 Å². The molecule has 3 nitrogen and oxygen atoms in total. The Hall–Kier alpha value is -1.80. The molecule has 2 heterocycles. The predicted molar refractivity (Wildman–Crippen MR) is 106 cm³/mol. The Balaban J connectivity index is 1.93. The van der Waals surface area contributed by atoms with Gasteiger partial charge in [-0.1, -0.05) is 35.3 Å². The van der Waals surface area contributed by atoms with E-state index in [1.54, 1.807) is 24.3 Å². The number of para-hydroxylation sites is 1. The number of pyridine rings is 1. The van der Waals surface area contributed by atoms with Crippen molar-refractivity contribution in [3.63, 3.8) is 0 Å². The minimum atomic E-state index is -4.76. The molecule has 1 aliphatic rings. The Morgan fingerprint density at radius 2 is 1.79 bits per heavy atom. The second-order valence-electron chi connectivity index (χ2n) is 6.15. The molecule has 1 aromatic heterocycles. The van der Waals surface area contributed by atoms with Gasteiger partial charge in [0.15, 0.2) is 0 Å². The Labute approximate surface area is 176 Å². The number of hydrogen-bond acceptors (Lipinski definition) is 3. The zero-order valence-corrected chi connectivity index (χ0v) is 16.9. The van der Waals surface area contributed by atoms with Gasteiger partial charge < -0.3 is 0 Å². The van der Waals surface area contributed by atoms with Crippen LogP contribution in [0, 0.1) is 0 Å². The van der Waals surface area contributed by atoms with Gasteiger partial charge in [-0.25, -0.2) is 0 Å². The summed E-state index contributed by atoms with van der Waals surface area (Å²) < 4.78 is 43.1. The van der Waals surface area contributed by atoms with Crippen LogP contribution in [0.25, 0.3) is 16.6 Å². The zero-order chi connectivity index (χ0) is 20.1. The maximum absolute atomic E-state index is 14.1. The number of hydroxylamine groups is 1. The van der Waals surface area contributed by atoms with Gasteiger partial charge in [-0.05, 0) is 52.3 Å². The van der Waals surface area contributed by atoms with Crippen molar-refractivity contribution in [2.24, 2.45) is 0 Å². The third kappa shape index (κ3) is 3.16. The maximum atomic E-state index is 14.1. The van der Waals surface area contributed by atoms with Crippen molar-refractivity contribution >= 4 is 55.7 Å². The molecule has 0 saturated heterocycles. The molecule has 0 saturated carbocycles. The van der Waals surface area contributed by atoms with Gasteiger partial charge >= 0.3 is 6.18 Å². The minimum Gasteiger partial charge on any atom is -0.265 e. The van der Waals surface area contributed by atoms with Gasteiger partial charge in [0.2, 0.25) is 5.60 Å². The number of hydrogen-bond donors (Lipinski definition) is 1. The summed E-state index contributed by atoms with van der Waals surface area (Å²) in [5, 5.41) is 0.825. The van der Waals surface area contributed by atoms with Crippen LogP contribution in [0.3, 0.4) is 0 Å². The van der Waals surface area contributed by atoms with E-state index in [9.17, 15) is 13.2 Å². The molecule has 0 amide bonds. The second kappa shape index (κ2) is 6.91. The van der Waals surface area contributed by atoms with Crippen LogP contribution in [0.4, 0.5) is 13.2 Å². The molecule has 0 fully saturated rings. The molecule has 9 heteroatoms. The number of rotatable bonds is 2. The van der Waals surface area contributed by atoms with Crippen molar-refractivity contribution < 1.29 is 18.0 Å². The molecule has 0 radical (unpaired) electrons. The minimum absolute atomic E-state index is 0.0786. The van der Waals surface area contributed by atoms with E-state index in [4.69, 9.17) is 28.0 Å². The van der Waals surface area contributed by atoms with Gasteiger partial charge in [0.1, 0.15) is 0 Å². The monoisotopic (exact) mass is 488 g/mol. The summed E-state index contributed by atoms with van der Waals surface area (Å²) in [6.07, 6.45) is -2.25. The molecular formula is C19H10BrCl2F3N2O. The van der Waals surface area contributed by atoms with E-state index in [2.05, 4.69) is 26.4 Å². The van der Waals surface area contributed by atoms with Crippen LogP contribution in [-0.2, 0) is 10.4 Å². The zero-order valence-electron chi connectivity index (χ0n) is 13.8. The fourth-order valence-corrected chi connectivity index (χ4v) is 4.11. The number of nitrogens with one attached hydrogen (secondary N) is 1. The summed E-state index contributed by atoms with van der Waals surface area (Å²) >= 11 is 15.3. The lowest BCUT2D eigenvalue weighted by Gasteiger charge is -2.28. The van der Waals surface area contributed by atoms with Crippen LogP contribution in [0.2, 0.25) is 10.0 Å². The first-order valence-corrected chi connectivity index (χ1v) is 9.50. The molecule has 0 spiro atoms. The number of aromatic nitrogens is 1. The highest BCUT2D eigenvalue weighted by molar-refractivity contribution is 9.10. The van der Waals surface area contributed by atoms with Crippen molar-refractivity contribution in [3.8, 4) is 0 Å². The molecule has 28 heavy (non-hydrogen) atoms. The molecule has 0 bridgehead atoms. The third-order valence-corrected chi connectivity index (χ3v) is 5.47. The van der Waals surface area contributed by atoms with Crippen molar-refractivity contribution in [2.45, 2.75) is 11.8 Å². The molecular weight excluding hydrogens is 480 g/mol. The highest BCUT2D eigenvalue weighted by atomic mass is 79.9. The number of benzene rings is 2. The molecule has 1 unspecified atom stereocenters. The van der Waals surface area contributed by atoms with E-state index < -0.39 is 11.8 Å². The van der Waals surface area contributed by atoms with E-state index in [0.29, 0.717) is 16.5 Å². The first-order valence-electron chi connectivity index (χ1n) is 7.95. The Kier molecular flexibility index (Phi) is 4.82. The van der Waals surface area contributed by atoms with Crippen LogP contribution in [0.15, 0.2) is 59.2 Å². The second-order valence-corrected chi connectivity index (χ2v) is 7.88. The van der Waals surface area contributed by atoms with E-state index in [-0.39, 0.29) is 21.3 Å². The van der Waals surface area contributed by atoms with Crippen molar-refractivity contribution in [1.82, 2.24) is 10.5 Å². The summed E-state index contributed by atoms with van der Waals surface area (Å²) in [6.45, 7) is 0. The topological polar surface area (TPSA) is 34.2 Å². The Bertz CT molecular complexity index is 1100. The molecule has 3 aromatic rings. The van der Waals surface area contributed by atoms with Crippen LogP contribution in [0.5, 0.6) is 0 Å². The summed E-state index contributed by atoms with van der Waals surface area (Å²) in [5.41, 5.74) is 0.779. The first-order chi connectivity index (χ1) is 13.2. The van der Waals surface area contributed by atoms with Gasteiger partial charge in [0, 0.05) is 37.2 Å². The lowest BCUT2D eigenvalue weighted by molar-refractivity contribution is -0.269. The fourth-order valence-electron chi connectivity index (χ4n) is 3.12. The SMILES string of the molecule is FC(F)(F)C1(c2cc(Cl)cc(Cl)c2)C=C(c2ccnc3c(Br)cccc23)NO1. The average molecular weight is 490 g/mol. The fraction of sp³-hybridized carbons (Fsp3) is 0.105. The number of nitrogens with zero attached hydrogens (tertiary/aromatic N) is 1. The highest BCUT2D eigenvalue weighted by Crippen LogP contribution is 2.48. The molecule has 144 valence electrons. The van der Waals surface area contributed by atoms with Crippen molar-refractivity contribution in [1.29, 1.82) is 0 Å². The summed E-state index contributed by atoms with van der Waals surface area (Å²) in [4.78, 5) is 9.41. The summed E-state index contributed by atoms with van der Waals surface area (Å²) in [6, 6.07) is 10.7. The third-order valence-electron chi connectivity index (χ3n) is 4.39. The van der Waals surface area contributed by atoms with Gasteiger partial charge in [0.05, 0.1) is 11.2 Å². The summed E-state index contributed by atoms with van der Waals surface area (Å²) in [5.74, 6) is 0. The van der Waals surface area contributed by atoms with E-state index >= 15 is 0 Å². The number of fused-ring (bicyclic) bond motifs is 1. The lowest BCUT2D eigenvalue weighted by Crippen LogP contribution is -2.42. The van der Waals surface area contributed by atoms with Crippen LogP contribution < -0.4 is 5.48 Å². The largest absolute Gasteiger partial charge is 0.428 e. The van der Waals surface area contributed by atoms with Gasteiger partial charge in [0.25, 0.3) is 0 Å². The molecule has 1 aliphatic heterocycles. The highest BCUT2D eigenvalue weighted by Gasteiger charge is 2.59. The van der Waals surface area contributed by atoms with E-state index in [0.717, 1.165) is 10.5 Å². The van der Waals surface area contributed by atoms with Gasteiger partial charge in [-0.2, -0.15) is 13.2 Å². The number of halogens is 6. The Morgan fingerprint density at radius 1 is 1.07 bits per heavy atom. The molecule has 4 rings (SSSR count). The Morgan fingerprint density at radius 3 is 2.46 bits per heavy atom. The van der Waals surface area contributed by atoms with Crippen LogP contribution in [-0.4, -0.2) is 11.2 Å².